The summed E-state index contributed by atoms with van der Waals surface area (Å²) in [5.41, 5.74) is 1.99. The van der Waals surface area contributed by atoms with E-state index in [0.29, 0.717) is 21.4 Å². The Labute approximate surface area is 149 Å². The fraction of sp³-hybridized carbons (Fsp3) is 0.0714. The molecule has 6 heteroatoms. The minimum Gasteiger partial charge on any atom is -0.478 e. The SMILES string of the molecule is Cc1ccc(Cl)c(Nc2ccccc2C(=O)O)c1Cl.[Na]. The number of aromatic carboxylic acids is 1. The molecule has 0 aliphatic heterocycles. The van der Waals surface area contributed by atoms with Crippen molar-refractivity contribution in [3.63, 3.8) is 0 Å². The summed E-state index contributed by atoms with van der Waals surface area (Å²) in [4.78, 5) is 11.1. The van der Waals surface area contributed by atoms with Crippen molar-refractivity contribution in [2.45, 2.75) is 6.92 Å². The quantitative estimate of drug-likeness (QED) is 0.826. The van der Waals surface area contributed by atoms with Gasteiger partial charge in [-0.05, 0) is 30.7 Å². The number of nitrogens with one attached hydrogen (secondary N) is 1. The first-order chi connectivity index (χ1) is 9.00. The maximum atomic E-state index is 11.1. The van der Waals surface area contributed by atoms with E-state index in [1.165, 1.54) is 6.07 Å². The Morgan fingerprint density at radius 2 is 1.80 bits per heavy atom. The standard InChI is InChI=1S/C14H11Cl2NO2.Na/c1-8-6-7-10(15)13(12(8)16)17-11-5-3-2-4-9(11)14(18)19;/h2-7,17H,1H3,(H,18,19);. The summed E-state index contributed by atoms with van der Waals surface area (Å²) >= 11 is 12.3. The van der Waals surface area contributed by atoms with E-state index in [2.05, 4.69) is 5.32 Å². The van der Waals surface area contributed by atoms with Crippen molar-refractivity contribution in [2.75, 3.05) is 5.32 Å². The summed E-state index contributed by atoms with van der Waals surface area (Å²) in [7, 11) is 0. The second kappa shape index (κ2) is 7.34. The van der Waals surface area contributed by atoms with Crippen molar-refractivity contribution < 1.29 is 9.90 Å². The molecule has 0 atom stereocenters. The molecule has 0 heterocycles. The Morgan fingerprint density at radius 1 is 1.15 bits per heavy atom. The van der Waals surface area contributed by atoms with Crippen molar-refractivity contribution in [1.82, 2.24) is 0 Å². The number of para-hydroxylation sites is 1. The zero-order chi connectivity index (χ0) is 14.0. The molecule has 0 spiro atoms. The van der Waals surface area contributed by atoms with Crippen LogP contribution in [-0.4, -0.2) is 40.6 Å². The molecular weight excluding hydrogens is 308 g/mol. The van der Waals surface area contributed by atoms with Crippen LogP contribution in [0.25, 0.3) is 0 Å². The average molecular weight is 319 g/mol. The molecule has 0 unspecified atom stereocenters. The van der Waals surface area contributed by atoms with Crippen LogP contribution in [-0.2, 0) is 0 Å². The fourth-order valence-electron chi connectivity index (χ4n) is 1.68. The molecule has 2 N–H and O–H groups in total. The number of hydrogen-bond acceptors (Lipinski definition) is 2. The number of anilines is 2. The van der Waals surface area contributed by atoms with Gasteiger partial charge in [0.1, 0.15) is 0 Å². The van der Waals surface area contributed by atoms with Crippen molar-refractivity contribution in [3.05, 3.63) is 57.6 Å². The van der Waals surface area contributed by atoms with E-state index in [1.54, 1.807) is 30.3 Å². The van der Waals surface area contributed by atoms with Crippen LogP contribution in [0.1, 0.15) is 15.9 Å². The van der Waals surface area contributed by atoms with E-state index in [-0.39, 0.29) is 35.1 Å². The van der Waals surface area contributed by atoms with Crippen LogP contribution >= 0.6 is 23.2 Å². The number of aryl methyl sites for hydroxylation is 1. The molecule has 99 valence electrons. The summed E-state index contributed by atoms with van der Waals surface area (Å²) in [6.07, 6.45) is 0. The van der Waals surface area contributed by atoms with Crippen molar-refractivity contribution in [2.24, 2.45) is 0 Å². The Kier molecular flexibility index (Phi) is 6.37. The number of hydrogen-bond donors (Lipinski definition) is 2. The Hall–Kier alpha value is -0.710. The predicted octanol–water partition coefficient (Wildman–Crippen LogP) is 4.36. The summed E-state index contributed by atoms with van der Waals surface area (Å²) in [6.45, 7) is 1.85. The summed E-state index contributed by atoms with van der Waals surface area (Å²) in [5.74, 6) is -1.01. The van der Waals surface area contributed by atoms with E-state index >= 15 is 0 Å². The van der Waals surface area contributed by atoms with E-state index < -0.39 is 5.97 Å². The van der Waals surface area contributed by atoms with Crippen LogP contribution in [0.3, 0.4) is 0 Å². The van der Waals surface area contributed by atoms with Crippen molar-refractivity contribution in [1.29, 1.82) is 0 Å². The first-order valence-corrected chi connectivity index (χ1v) is 6.30. The Balaban J connectivity index is 0.00000200. The molecule has 2 aromatic carbocycles. The monoisotopic (exact) mass is 318 g/mol. The largest absolute Gasteiger partial charge is 0.478 e. The van der Waals surface area contributed by atoms with Gasteiger partial charge in [0.2, 0.25) is 0 Å². The van der Waals surface area contributed by atoms with Crippen molar-refractivity contribution in [3.8, 4) is 0 Å². The fourth-order valence-corrected chi connectivity index (χ4v) is 2.15. The molecule has 0 aliphatic carbocycles. The number of carboxylic acid groups (broad SMARTS) is 1. The molecule has 2 rings (SSSR count). The van der Waals surface area contributed by atoms with Gasteiger partial charge in [-0.3, -0.25) is 0 Å². The summed E-state index contributed by atoms with van der Waals surface area (Å²) < 4.78 is 0. The third kappa shape index (κ3) is 3.68. The molecule has 0 aromatic heterocycles. The smallest absolute Gasteiger partial charge is 0.337 e. The average Bonchev–Trinajstić information content (AvgIpc) is 2.39. The minimum atomic E-state index is -1.01. The third-order valence-electron chi connectivity index (χ3n) is 2.70. The number of carbonyl (C=O) groups is 1. The number of benzene rings is 2. The van der Waals surface area contributed by atoms with E-state index in [1.807, 2.05) is 6.92 Å². The molecule has 1 radical (unpaired) electrons. The molecule has 0 amide bonds. The van der Waals surface area contributed by atoms with Crippen LogP contribution in [0.5, 0.6) is 0 Å². The van der Waals surface area contributed by atoms with Gasteiger partial charge in [-0.25, -0.2) is 4.79 Å². The van der Waals surface area contributed by atoms with Gasteiger partial charge in [0, 0.05) is 29.6 Å². The van der Waals surface area contributed by atoms with Crippen LogP contribution in [0.4, 0.5) is 11.4 Å². The van der Waals surface area contributed by atoms with Gasteiger partial charge in [0.25, 0.3) is 0 Å². The van der Waals surface area contributed by atoms with Gasteiger partial charge in [-0.15, -0.1) is 0 Å². The first kappa shape index (κ1) is 17.3. The van der Waals surface area contributed by atoms with E-state index in [9.17, 15) is 4.79 Å². The minimum absolute atomic E-state index is 0. The molecule has 0 aliphatic rings. The van der Waals surface area contributed by atoms with Crippen LogP contribution in [0.15, 0.2) is 36.4 Å². The topological polar surface area (TPSA) is 49.3 Å². The second-order valence-electron chi connectivity index (χ2n) is 4.03. The number of carboxylic acids is 1. The third-order valence-corrected chi connectivity index (χ3v) is 3.50. The maximum absolute atomic E-state index is 11.1. The van der Waals surface area contributed by atoms with Crippen LogP contribution in [0.2, 0.25) is 10.0 Å². The predicted molar refractivity (Wildman–Crippen MR) is 83.6 cm³/mol. The maximum Gasteiger partial charge on any atom is 0.337 e. The second-order valence-corrected chi connectivity index (χ2v) is 4.81. The molecule has 0 saturated carbocycles. The van der Waals surface area contributed by atoms with Gasteiger partial charge >= 0.3 is 5.97 Å². The van der Waals surface area contributed by atoms with Gasteiger partial charge in [-0.1, -0.05) is 41.4 Å². The van der Waals surface area contributed by atoms with E-state index in [0.717, 1.165) is 5.56 Å². The number of rotatable bonds is 3. The van der Waals surface area contributed by atoms with Crippen molar-refractivity contribution >= 4 is 70.1 Å². The first-order valence-electron chi connectivity index (χ1n) is 5.54. The van der Waals surface area contributed by atoms with Gasteiger partial charge in [0.15, 0.2) is 0 Å². The molecule has 0 fully saturated rings. The zero-order valence-electron chi connectivity index (χ0n) is 11.1. The molecule has 3 nitrogen and oxygen atoms in total. The van der Waals surface area contributed by atoms with Gasteiger partial charge in [0.05, 0.1) is 27.0 Å². The van der Waals surface area contributed by atoms with Crippen LogP contribution in [0, 0.1) is 6.92 Å². The molecule has 0 bridgehead atoms. The van der Waals surface area contributed by atoms with Crippen LogP contribution < -0.4 is 5.32 Å². The normalized spacial score (nSPS) is 9.75. The van der Waals surface area contributed by atoms with Gasteiger partial charge in [-0.2, -0.15) is 0 Å². The van der Waals surface area contributed by atoms with E-state index in [4.69, 9.17) is 28.3 Å². The Morgan fingerprint density at radius 3 is 2.45 bits per heavy atom. The molecule has 2 aromatic rings. The Bertz CT molecular complexity index is 647. The molecule has 0 saturated heterocycles. The summed E-state index contributed by atoms with van der Waals surface area (Å²) in [6, 6.07) is 10.1. The molecule has 20 heavy (non-hydrogen) atoms. The number of halogens is 2. The van der Waals surface area contributed by atoms with Gasteiger partial charge < -0.3 is 10.4 Å². The molecular formula is C14H11Cl2NNaO2. The zero-order valence-corrected chi connectivity index (χ0v) is 14.6. The summed E-state index contributed by atoms with van der Waals surface area (Å²) in [5, 5.41) is 13.0.